The Kier molecular flexibility index (Phi) is 5.58. The van der Waals surface area contributed by atoms with Crippen LogP contribution in [0.1, 0.15) is 53.8 Å². The molecular formula is C20H25N3O4. The number of nitrogens with zero attached hydrogens (tertiary/aromatic N) is 2. The van der Waals surface area contributed by atoms with Crippen molar-refractivity contribution in [3.8, 4) is 0 Å². The van der Waals surface area contributed by atoms with Crippen molar-refractivity contribution in [2.24, 2.45) is 5.92 Å². The van der Waals surface area contributed by atoms with Gasteiger partial charge >= 0.3 is 0 Å². The first kappa shape index (κ1) is 19.1. The maximum absolute atomic E-state index is 12.8. The molecule has 0 radical (unpaired) electrons. The highest BCUT2D eigenvalue weighted by Crippen LogP contribution is 2.22. The van der Waals surface area contributed by atoms with E-state index in [-0.39, 0.29) is 18.4 Å². The smallest absolute Gasteiger partial charge is 0.262 e. The summed E-state index contributed by atoms with van der Waals surface area (Å²) in [5, 5.41) is 2.73. The third kappa shape index (κ3) is 3.86. The van der Waals surface area contributed by atoms with Crippen LogP contribution in [0, 0.1) is 5.92 Å². The molecule has 2 aliphatic rings. The molecule has 1 N–H and O–H groups in total. The molecule has 3 rings (SSSR count). The second-order valence-corrected chi connectivity index (χ2v) is 7.42. The van der Waals surface area contributed by atoms with Crippen molar-refractivity contribution in [1.82, 2.24) is 15.1 Å². The molecule has 4 amide bonds. The molecule has 1 aromatic rings. The van der Waals surface area contributed by atoms with Crippen LogP contribution in [0.2, 0.25) is 0 Å². The SMILES string of the molecule is CC(C)[C@H](NC(=O)CN1C(=O)c2ccccc2C1=O)C(=O)N1CCCCC1. The lowest BCUT2D eigenvalue weighted by molar-refractivity contribution is -0.138. The fourth-order valence-corrected chi connectivity index (χ4v) is 3.57. The Morgan fingerprint density at radius 3 is 2.07 bits per heavy atom. The standard InChI is InChI=1S/C20H25N3O4/c1-13(2)17(20(27)22-10-6-3-7-11-22)21-16(24)12-23-18(25)14-8-4-5-9-15(14)19(23)26/h4-5,8-9,13,17H,3,6-7,10-12H2,1-2H3,(H,21,24)/t17-/m0/s1. The van der Waals surface area contributed by atoms with E-state index >= 15 is 0 Å². The van der Waals surface area contributed by atoms with Crippen molar-refractivity contribution in [2.75, 3.05) is 19.6 Å². The first-order valence-corrected chi connectivity index (χ1v) is 9.43. The van der Waals surface area contributed by atoms with Gasteiger partial charge in [0, 0.05) is 13.1 Å². The number of hydrogen-bond donors (Lipinski definition) is 1. The molecule has 0 spiro atoms. The normalized spacial score (nSPS) is 17.9. The molecule has 7 nitrogen and oxygen atoms in total. The van der Waals surface area contributed by atoms with Gasteiger partial charge in [0.05, 0.1) is 11.1 Å². The van der Waals surface area contributed by atoms with Crippen LogP contribution in [0.5, 0.6) is 0 Å². The van der Waals surface area contributed by atoms with Crippen LogP contribution < -0.4 is 5.32 Å². The summed E-state index contributed by atoms with van der Waals surface area (Å²) in [4.78, 5) is 52.8. The van der Waals surface area contributed by atoms with Gasteiger partial charge in [-0.2, -0.15) is 0 Å². The number of nitrogens with one attached hydrogen (secondary N) is 1. The minimum atomic E-state index is -0.661. The van der Waals surface area contributed by atoms with Crippen molar-refractivity contribution in [1.29, 1.82) is 0 Å². The zero-order valence-corrected chi connectivity index (χ0v) is 15.7. The van der Waals surface area contributed by atoms with E-state index in [1.165, 1.54) is 0 Å². The Balaban J connectivity index is 1.66. The van der Waals surface area contributed by atoms with E-state index in [9.17, 15) is 19.2 Å². The first-order valence-electron chi connectivity index (χ1n) is 9.43. The molecule has 0 saturated carbocycles. The highest BCUT2D eigenvalue weighted by Gasteiger charge is 2.37. The number of amides is 4. The summed E-state index contributed by atoms with van der Waals surface area (Å²) >= 11 is 0. The first-order chi connectivity index (χ1) is 12.9. The number of hydrogen-bond acceptors (Lipinski definition) is 4. The van der Waals surface area contributed by atoms with E-state index in [2.05, 4.69) is 5.32 Å². The molecule has 0 unspecified atom stereocenters. The Hall–Kier alpha value is -2.70. The van der Waals surface area contributed by atoms with Gasteiger partial charge in [0.15, 0.2) is 0 Å². The molecule has 2 heterocycles. The van der Waals surface area contributed by atoms with E-state index in [4.69, 9.17) is 0 Å². The van der Waals surface area contributed by atoms with E-state index < -0.39 is 23.8 Å². The summed E-state index contributed by atoms with van der Waals surface area (Å²) in [5.74, 6) is -1.65. The fraction of sp³-hybridized carbons (Fsp3) is 0.500. The zero-order chi connectivity index (χ0) is 19.6. The second-order valence-electron chi connectivity index (χ2n) is 7.42. The van der Waals surface area contributed by atoms with Crippen molar-refractivity contribution in [2.45, 2.75) is 39.2 Å². The molecular weight excluding hydrogens is 346 g/mol. The van der Waals surface area contributed by atoms with Crippen molar-refractivity contribution in [3.63, 3.8) is 0 Å². The lowest BCUT2D eigenvalue weighted by Gasteiger charge is -2.32. The Bertz CT molecular complexity index is 733. The maximum atomic E-state index is 12.8. The fourth-order valence-electron chi connectivity index (χ4n) is 3.57. The Morgan fingerprint density at radius 2 is 1.56 bits per heavy atom. The predicted octanol–water partition coefficient (Wildman–Crippen LogP) is 1.44. The number of imide groups is 1. The molecule has 1 saturated heterocycles. The number of piperidine rings is 1. The molecule has 7 heteroatoms. The largest absolute Gasteiger partial charge is 0.342 e. The van der Waals surface area contributed by atoms with Crippen molar-refractivity contribution >= 4 is 23.6 Å². The lowest BCUT2D eigenvalue weighted by Crippen LogP contribution is -2.54. The van der Waals surface area contributed by atoms with Crippen LogP contribution in [0.25, 0.3) is 0 Å². The van der Waals surface area contributed by atoms with Crippen LogP contribution in [0.3, 0.4) is 0 Å². The summed E-state index contributed by atoms with van der Waals surface area (Å²) in [6, 6.07) is 5.85. The minimum Gasteiger partial charge on any atom is -0.342 e. The second kappa shape index (κ2) is 7.90. The number of carbonyl (C=O) groups is 4. The average Bonchev–Trinajstić information content (AvgIpc) is 2.91. The molecule has 1 aromatic carbocycles. The molecule has 1 fully saturated rings. The lowest BCUT2D eigenvalue weighted by atomic mass is 10.0. The predicted molar refractivity (Wildman–Crippen MR) is 99.0 cm³/mol. The van der Waals surface area contributed by atoms with E-state index in [0.717, 1.165) is 24.2 Å². The molecule has 1 atom stereocenters. The van der Waals surface area contributed by atoms with Gasteiger partial charge in [0.2, 0.25) is 11.8 Å². The number of rotatable bonds is 5. The maximum Gasteiger partial charge on any atom is 0.262 e. The van der Waals surface area contributed by atoms with Gasteiger partial charge in [-0.25, -0.2) is 0 Å². The molecule has 2 aliphatic heterocycles. The molecule has 0 aromatic heterocycles. The zero-order valence-electron chi connectivity index (χ0n) is 15.7. The monoisotopic (exact) mass is 371 g/mol. The van der Waals surface area contributed by atoms with E-state index in [1.54, 1.807) is 29.2 Å². The molecule has 0 bridgehead atoms. The summed E-state index contributed by atoms with van der Waals surface area (Å²) < 4.78 is 0. The number of carbonyl (C=O) groups excluding carboxylic acids is 4. The Morgan fingerprint density at radius 1 is 1.00 bits per heavy atom. The van der Waals surface area contributed by atoms with Crippen LogP contribution in [-0.2, 0) is 9.59 Å². The number of likely N-dealkylation sites (tertiary alicyclic amines) is 1. The number of benzene rings is 1. The highest BCUT2D eigenvalue weighted by atomic mass is 16.2. The molecule has 27 heavy (non-hydrogen) atoms. The van der Waals surface area contributed by atoms with Gasteiger partial charge in [0.25, 0.3) is 11.8 Å². The van der Waals surface area contributed by atoms with E-state index in [0.29, 0.717) is 24.2 Å². The third-order valence-corrected chi connectivity index (χ3v) is 5.10. The number of fused-ring (bicyclic) bond motifs is 1. The van der Waals surface area contributed by atoms with Gasteiger partial charge < -0.3 is 10.2 Å². The summed E-state index contributed by atoms with van der Waals surface area (Å²) in [5.41, 5.74) is 0.611. The topological polar surface area (TPSA) is 86.8 Å². The van der Waals surface area contributed by atoms with Crippen molar-refractivity contribution < 1.29 is 19.2 Å². The highest BCUT2D eigenvalue weighted by molar-refractivity contribution is 6.22. The van der Waals surface area contributed by atoms with Crippen molar-refractivity contribution in [3.05, 3.63) is 35.4 Å². The van der Waals surface area contributed by atoms with Gasteiger partial charge in [-0.3, -0.25) is 24.1 Å². The van der Waals surface area contributed by atoms with Crippen LogP contribution in [-0.4, -0.2) is 59.1 Å². The minimum absolute atomic E-state index is 0.0921. The van der Waals surface area contributed by atoms with Crippen LogP contribution in [0.15, 0.2) is 24.3 Å². The van der Waals surface area contributed by atoms with Gasteiger partial charge in [-0.15, -0.1) is 0 Å². The summed E-state index contributed by atoms with van der Waals surface area (Å²) in [6.07, 6.45) is 3.06. The molecule has 0 aliphatic carbocycles. The quantitative estimate of drug-likeness (QED) is 0.794. The Labute approximate surface area is 158 Å². The van der Waals surface area contributed by atoms with Gasteiger partial charge in [-0.05, 0) is 37.3 Å². The average molecular weight is 371 g/mol. The summed E-state index contributed by atoms with van der Waals surface area (Å²) in [7, 11) is 0. The van der Waals surface area contributed by atoms with Crippen LogP contribution in [0.4, 0.5) is 0 Å². The van der Waals surface area contributed by atoms with Crippen LogP contribution >= 0.6 is 0 Å². The van der Waals surface area contributed by atoms with Gasteiger partial charge in [-0.1, -0.05) is 26.0 Å². The summed E-state index contributed by atoms with van der Waals surface area (Å²) in [6.45, 7) is 4.76. The van der Waals surface area contributed by atoms with E-state index in [1.807, 2.05) is 13.8 Å². The molecule has 144 valence electrons. The van der Waals surface area contributed by atoms with Gasteiger partial charge in [0.1, 0.15) is 12.6 Å². The third-order valence-electron chi connectivity index (χ3n) is 5.10.